The second-order valence-corrected chi connectivity index (χ2v) is 10.3. The lowest BCUT2D eigenvalue weighted by Crippen LogP contribution is -2.64. The number of aliphatic hydroxyl groups excluding tert-OH is 1. The molecule has 2 fully saturated rings. The molecule has 1 aromatic rings. The predicted molar refractivity (Wildman–Crippen MR) is 134 cm³/mol. The molecule has 0 aliphatic carbocycles. The summed E-state index contributed by atoms with van der Waals surface area (Å²) in [6.45, 7) is 5.74. The predicted octanol–water partition coefficient (Wildman–Crippen LogP) is -0.0845. The molecule has 2 saturated heterocycles. The maximum atomic E-state index is 14.0. The van der Waals surface area contributed by atoms with Crippen molar-refractivity contribution in [1.82, 2.24) is 15.1 Å². The van der Waals surface area contributed by atoms with Crippen LogP contribution in [0.25, 0.3) is 0 Å². The van der Waals surface area contributed by atoms with Crippen LogP contribution in [0.3, 0.4) is 0 Å². The van der Waals surface area contributed by atoms with Gasteiger partial charge in [0.25, 0.3) is 0 Å². The molecule has 6 N–H and O–H groups in total. The smallest absolute Gasteiger partial charge is 0.246 e. The molecular weight excluding hydrogens is 462 g/mol. The summed E-state index contributed by atoms with van der Waals surface area (Å²) in [5.74, 6) is -2.08. The summed E-state index contributed by atoms with van der Waals surface area (Å²) in [6.07, 6.45) is 1.30. The number of benzene rings is 1. The molecule has 10 heteroatoms. The summed E-state index contributed by atoms with van der Waals surface area (Å²) in [7, 11) is 0. The van der Waals surface area contributed by atoms with Crippen LogP contribution in [0.5, 0.6) is 0 Å². The molecule has 1 aromatic carbocycles. The van der Waals surface area contributed by atoms with Crippen molar-refractivity contribution in [3.05, 3.63) is 35.9 Å². The number of primary amides is 1. The van der Waals surface area contributed by atoms with E-state index in [0.717, 1.165) is 5.56 Å². The second kappa shape index (κ2) is 11.4. The normalized spacial score (nSPS) is 24.4. The van der Waals surface area contributed by atoms with E-state index in [9.17, 15) is 24.3 Å². The fourth-order valence-electron chi connectivity index (χ4n) is 5.34. The minimum absolute atomic E-state index is 0.226. The quantitative estimate of drug-likeness (QED) is 0.370. The van der Waals surface area contributed by atoms with Gasteiger partial charge in [0.05, 0.1) is 6.10 Å². The number of nitrogens with two attached hydrogens (primary N) is 2. The molecule has 2 aliphatic rings. The van der Waals surface area contributed by atoms with E-state index >= 15 is 0 Å². The molecule has 4 amide bonds. The molecule has 3 rings (SSSR count). The highest BCUT2D eigenvalue weighted by Crippen LogP contribution is 2.36. The zero-order chi connectivity index (χ0) is 26.6. The Morgan fingerprint density at radius 1 is 1.11 bits per heavy atom. The van der Waals surface area contributed by atoms with Gasteiger partial charge in [0.15, 0.2) is 0 Å². The Morgan fingerprint density at radius 3 is 2.36 bits per heavy atom. The minimum Gasteiger partial charge on any atom is -0.391 e. The van der Waals surface area contributed by atoms with E-state index in [4.69, 9.17) is 11.5 Å². The van der Waals surface area contributed by atoms with Crippen molar-refractivity contribution in [2.45, 2.75) is 82.6 Å². The van der Waals surface area contributed by atoms with Gasteiger partial charge in [-0.15, -0.1) is 0 Å². The van der Waals surface area contributed by atoms with Gasteiger partial charge in [-0.25, -0.2) is 0 Å². The number of amides is 4. The molecule has 0 bridgehead atoms. The Labute approximate surface area is 212 Å². The van der Waals surface area contributed by atoms with Gasteiger partial charge in [0.2, 0.25) is 23.6 Å². The van der Waals surface area contributed by atoms with Crippen molar-refractivity contribution >= 4 is 23.6 Å². The summed E-state index contributed by atoms with van der Waals surface area (Å²) in [6, 6.07) is 6.65. The van der Waals surface area contributed by atoms with Gasteiger partial charge in [-0.2, -0.15) is 0 Å². The number of hydrogen-bond donors (Lipinski definition) is 4. The van der Waals surface area contributed by atoms with Gasteiger partial charge >= 0.3 is 0 Å². The van der Waals surface area contributed by atoms with E-state index in [1.54, 1.807) is 18.7 Å². The largest absolute Gasteiger partial charge is 0.391 e. The zero-order valence-corrected chi connectivity index (χ0v) is 21.4. The van der Waals surface area contributed by atoms with E-state index in [2.05, 4.69) is 5.32 Å². The fraction of sp³-hybridized carbons (Fsp3) is 0.615. The van der Waals surface area contributed by atoms with Gasteiger partial charge in [0, 0.05) is 19.5 Å². The number of likely N-dealkylation sites (tertiary alicyclic amines) is 2. The van der Waals surface area contributed by atoms with Crippen LogP contribution < -0.4 is 16.8 Å². The summed E-state index contributed by atoms with van der Waals surface area (Å²) in [5, 5.41) is 12.6. The molecule has 10 nitrogen and oxygen atoms in total. The van der Waals surface area contributed by atoms with E-state index in [0.29, 0.717) is 38.8 Å². The summed E-state index contributed by atoms with van der Waals surface area (Å²) < 4.78 is 0. The molecule has 0 aromatic heterocycles. The van der Waals surface area contributed by atoms with Crippen molar-refractivity contribution in [3.63, 3.8) is 0 Å². The lowest BCUT2D eigenvalue weighted by Gasteiger charge is -2.41. The first-order valence-electron chi connectivity index (χ1n) is 12.7. The van der Waals surface area contributed by atoms with Crippen molar-refractivity contribution in [2.75, 3.05) is 13.1 Å². The van der Waals surface area contributed by atoms with E-state index in [1.807, 2.05) is 30.3 Å². The topological polar surface area (TPSA) is 159 Å². The van der Waals surface area contributed by atoms with Gasteiger partial charge in [-0.1, -0.05) is 44.2 Å². The number of carbonyl (C=O) groups is 4. The average Bonchev–Trinajstić information content (AvgIpc) is 3.49. The average molecular weight is 502 g/mol. The van der Waals surface area contributed by atoms with Gasteiger partial charge in [0.1, 0.15) is 23.7 Å². The Balaban J connectivity index is 1.96. The highest BCUT2D eigenvalue weighted by Gasteiger charge is 2.53. The first kappa shape index (κ1) is 27.6. The Bertz CT molecular complexity index is 969. The standard InChI is InChI=1S/C26H39N5O5/c1-16(2)21(22(28)33)29-25(36)26(15-18-9-5-4-6-10-18)12-8-14-31(26)23(34)19-11-7-13-30(19)24(35)20(27)17(3)32/h4-6,9-10,16-17,19-21,32H,7-8,11-15,27H2,1-3H3,(H2,28,33)(H,29,36)/t17-,19+,20+,21+,26+/m1/s1. The third kappa shape index (κ3) is 5.54. The summed E-state index contributed by atoms with van der Waals surface area (Å²) in [4.78, 5) is 55.9. The number of carbonyl (C=O) groups excluding carboxylic acids is 4. The monoisotopic (exact) mass is 501 g/mol. The molecule has 2 aliphatic heterocycles. The van der Waals surface area contributed by atoms with Crippen LogP contribution in [0.4, 0.5) is 0 Å². The Hall–Kier alpha value is -2.98. The second-order valence-electron chi connectivity index (χ2n) is 10.3. The van der Waals surface area contributed by atoms with Crippen LogP contribution in [0.2, 0.25) is 0 Å². The molecule has 0 radical (unpaired) electrons. The molecule has 0 spiro atoms. The number of nitrogens with zero attached hydrogens (tertiary/aromatic N) is 2. The number of hydrogen-bond acceptors (Lipinski definition) is 6. The van der Waals surface area contributed by atoms with Crippen molar-refractivity contribution in [3.8, 4) is 0 Å². The van der Waals surface area contributed by atoms with E-state index < -0.39 is 47.5 Å². The lowest BCUT2D eigenvalue weighted by atomic mass is 9.85. The molecule has 2 heterocycles. The molecule has 5 atom stereocenters. The third-order valence-electron chi connectivity index (χ3n) is 7.40. The molecule has 0 saturated carbocycles. The van der Waals surface area contributed by atoms with E-state index in [-0.39, 0.29) is 18.2 Å². The summed E-state index contributed by atoms with van der Waals surface area (Å²) in [5.41, 5.74) is 11.1. The zero-order valence-electron chi connectivity index (χ0n) is 21.4. The highest BCUT2D eigenvalue weighted by atomic mass is 16.3. The van der Waals surface area contributed by atoms with Crippen molar-refractivity contribution in [2.24, 2.45) is 17.4 Å². The van der Waals surface area contributed by atoms with Gasteiger partial charge in [-0.05, 0) is 44.1 Å². The van der Waals surface area contributed by atoms with Gasteiger partial charge in [-0.3, -0.25) is 19.2 Å². The SMILES string of the molecule is CC(C)[C@H](NC(=O)[C@@]1(Cc2ccccc2)CCCN1C(=O)[C@@H]1CCCN1C(=O)[C@@H](N)[C@@H](C)O)C(N)=O. The van der Waals surface area contributed by atoms with E-state index in [1.165, 1.54) is 11.8 Å². The number of aliphatic hydroxyl groups is 1. The third-order valence-corrected chi connectivity index (χ3v) is 7.40. The maximum absolute atomic E-state index is 14.0. The molecule has 198 valence electrons. The first-order chi connectivity index (χ1) is 17.0. The molecule has 0 unspecified atom stereocenters. The maximum Gasteiger partial charge on any atom is 0.246 e. The van der Waals surface area contributed by atoms with Crippen molar-refractivity contribution < 1.29 is 24.3 Å². The van der Waals surface area contributed by atoms with Crippen LogP contribution in [0.15, 0.2) is 30.3 Å². The highest BCUT2D eigenvalue weighted by molar-refractivity contribution is 5.98. The van der Waals surface area contributed by atoms with Crippen molar-refractivity contribution in [1.29, 1.82) is 0 Å². The number of rotatable bonds is 9. The minimum atomic E-state index is -1.23. The summed E-state index contributed by atoms with van der Waals surface area (Å²) >= 11 is 0. The molecule has 36 heavy (non-hydrogen) atoms. The first-order valence-corrected chi connectivity index (χ1v) is 12.7. The Morgan fingerprint density at radius 2 is 1.78 bits per heavy atom. The number of nitrogens with one attached hydrogen (secondary N) is 1. The van der Waals surface area contributed by atoms with Gasteiger partial charge < -0.3 is 31.7 Å². The van der Waals surface area contributed by atoms with Crippen LogP contribution >= 0.6 is 0 Å². The Kier molecular flexibility index (Phi) is 8.73. The van der Waals surface area contributed by atoms with Crippen LogP contribution in [0, 0.1) is 5.92 Å². The fourth-order valence-corrected chi connectivity index (χ4v) is 5.34. The van der Waals surface area contributed by atoms with Crippen LogP contribution in [0.1, 0.15) is 52.0 Å². The van der Waals surface area contributed by atoms with Crippen LogP contribution in [-0.2, 0) is 25.6 Å². The molecular formula is C26H39N5O5. The lowest BCUT2D eigenvalue weighted by molar-refractivity contribution is -0.152. The van der Waals surface area contributed by atoms with Crippen LogP contribution in [-0.4, -0.2) is 81.4 Å².